The predicted octanol–water partition coefficient (Wildman–Crippen LogP) is 3.32. The average molecular weight is 366 g/mol. The number of carboxylic acids is 1. The lowest BCUT2D eigenvalue weighted by Gasteiger charge is -2.23. The van der Waals surface area contributed by atoms with Crippen LogP contribution in [0.3, 0.4) is 0 Å². The van der Waals surface area contributed by atoms with Crippen LogP contribution < -0.4 is 0 Å². The summed E-state index contributed by atoms with van der Waals surface area (Å²) in [6, 6.07) is 7.24. The fourth-order valence-electron chi connectivity index (χ4n) is 3.78. The number of carbonyl (C=O) groups excluding carboxylic acids is 1. The summed E-state index contributed by atoms with van der Waals surface area (Å²) in [6.45, 7) is 1.50. The van der Waals surface area contributed by atoms with Gasteiger partial charge in [0.1, 0.15) is 0 Å². The summed E-state index contributed by atoms with van der Waals surface area (Å²) in [4.78, 5) is 25.9. The number of carbonyl (C=O) groups is 2. The monoisotopic (exact) mass is 365 g/mol. The number of aliphatic carboxylic acids is 1. The summed E-state index contributed by atoms with van der Waals surface area (Å²) in [5, 5.41) is 10.2. The number of amides is 1. The van der Waals surface area contributed by atoms with E-state index in [-0.39, 0.29) is 24.5 Å². The highest BCUT2D eigenvalue weighted by Gasteiger charge is 2.40. The first-order chi connectivity index (χ1) is 12.0. The second-order valence-electron chi connectivity index (χ2n) is 6.93. The molecule has 0 spiro atoms. The van der Waals surface area contributed by atoms with E-state index in [1.165, 1.54) is 0 Å². The van der Waals surface area contributed by atoms with Crippen LogP contribution in [-0.4, -0.2) is 47.7 Å². The molecule has 2 heterocycles. The zero-order valence-corrected chi connectivity index (χ0v) is 15.0. The molecule has 1 aromatic carbocycles. The average Bonchev–Trinajstić information content (AvgIpc) is 3.07. The van der Waals surface area contributed by atoms with Gasteiger partial charge in [-0.3, -0.25) is 9.59 Å². The Morgan fingerprint density at radius 1 is 1.20 bits per heavy atom. The first-order valence-electron chi connectivity index (χ1n) is 8.92. The van der Waals surface area contributed by atoms with Crippen LogP contribution in [0.2, 0.25) is 5.02 Å². The standard InChI is InChI=1S/C19H24ClNO4/c20-14-6-4-13(5-7-14)16-11-21(12-17(16)19(23)24)18(22)9-8-15-3-1-2-10-25-15/h4-7,15-17H,1-3,8-12H2,(H,23,24)/t15?,16-,17+/m0/s1. The number of hydrogen-bond donors (Lipinski definition) is 1. The number of nitrogens with zero attached hydrogens (tertiary/aromatic N) is 1. The van der Waals surface area contributed by atoms with Crippen molar-refractivity contribution in [3.05, 3.63) is 34.9 Å². The molecule has 5 nitrogen and oxygen atoms in total. The molecule has 1 aromatic rings. The van der Waals surface area contributed by atoms with Crippen molar-refractivity contribution in [3.8, 4) is 0 Å². The minimum absolute atomic E-state index is 0.0249. The molecule has 2 saturated heterocycles. The van der Waals surface area contributed by atoms with Gasteiger partial charge in [0.05, 0.1) is 12.0 Å². The normalized spacial score (nSPS) is 26.6. The van der Waals surface area contributed by atoms with Crippen LogP contribution in [0.4, 0.5) is 0 Å². The quantitative estimate of drug-likeness (QED) is 0.869. The molecule has 2 fully saturated rings. The Labute approximate surface area is 152 Å². The highest BCUT2D eigenvalue weighted by atomic mass is 35.5. The molecule has 0 aliphatic carbocycles. The zero-order chi connectivity index (χ0) is 17.8. The van der Waals surface area contributed by atoms with Crippen LogP contribution in [-0.2, 0) is 14.3 Å². The fourth-order valence-corrected chi connectivity index (χ4v) is 3.91. The summed E-state index contributed by atoms with van der Waals surface area (Å²) in [5.74, 6) is -1.59. The van der Waals surface area contributed by atoms with E-state index >= 15 is 0 Å². The molecule has 2 aliphatic rings. The lowest BCUT2D eigenvalue weighted by Crippen LogP contribution is -2.31. The van der Waals surface area contributed by atoms with Crippen LogP contribution in [0.25, 0.3) is 0 Å². The zero-order valence-electron chi connectivity index (χ0n) is 14.2. The molecule has 0 saturated carbocycles. The third-order valence-electron chi connectivity index (χ3n) is 5.24. The van der Waals surface area contributed by atoms with Crippen molar-refractivity contribution in [3.63, 3.8) is 0 Å². The van der Waals surface area contributed by atoms with Gasteiger partial charge in [-0.05, 0) is 43.4 Å². The Kier molecular flexibility index (Phi) is 5.97. The van der Waals surface area contributed by atoms with E-state index in [4.69, 9.17) is 16.3 Å². The molecule has 0 radical (unpaired) electrons. The van der Waals surface area contributed by atoms with Gasteiger partial charge in [-0.15, -0.1) is 0 Å². The first-order valence-corrected chi connectivity index (χ1v) is 9.30. The lowest BCUT2D eigenvalue weighted by molar-refractivity contribution is -0.141. The molecule has 0 aromatic heterocycles. The van der Waals surface area contributed by atoms with Gasteiger partial charge in [-0.1, -0.05) is 23.7 Å². The van der Waals surface area contributed by atoms with Crippen LogP contribution in [0.15, 0.2) is 24.3 Å². The highest BCUT2D eigenvalue weighted by Crippen LogP contribution is 2.34. The van der Waals surface area contributed by atoms with Crippen molar-refractivity contribution in [1.29, 1.82) is 0 Å². The summed E-state index contributed by atoms with van der Waals surface area (Å²) >= 11 is 5.92. The van der Waals surface area contributed by atoms with Gasteiger partial charge >= 0.3 is 5.97 Å². The van der Waals surface area contributed by atoms with Gasteiger partial charge in [0.15, 0.2) is 0 Å². The van der Waals surface area contributed by atoms with Crippen molar-refractivity contribution in [2.75, 3.05) is 19.7 Å². The molecular formula is C19H24ClNO4. The molecule has 2 aliphatic heterocycles. The predicted molar refractivity (Wildman–Crippen MR) is 94.7 cm³/mol. The van der Waals surface area contributed by atoms with Crippen molar-refractivity contribution >= 4 is 23.5 Å². The molecule has 136 valence electrons. The molecule has 1 N–H and O–H groups in total. The Morgan fingerprint density at radius 2 is 1.96 bits per heavy atom. The number of carboxylic acid groups (broad SMARTS) is 1. The molecule has 25 heavy (non-hydrogen) atoms. The SMILES string of the molecule is O=C(O)[C@@H]1CN(C(=O)CCC2CCCCO2)C[C@H]1c1ccc(Cl)cc1. The van der Waals surface area contributed by atoms with Crippen molar-refractivity contribution < 1.29 is 19.4 Å². The van der Waals surface area contributed by atoms with E-state index in [1.807, 2.05) is 12.1 Å². The van der Waals surface area contributed by atoms with Gasteiger partial charge in [-0.25, -0.2) is 0 Å². The fraction of sp³-hybridized carbons (Fsp3) is 0.579. The third kappa shape index (κ3) is 4.53. The molecule has 1 unspecified atom stereocenters. The Hall–Kier alpha value is -1.59. The van der Waals surface area contributed by atoms with Gasteiger partial charge in [0, 0.05) is 37.1 Å². The molecule has 6 heteroatoms. The molecule has 3 atom stereocenters. The second-order valence-corrected chi connectivity index (χ2v) is 7.37. The van der Waals surface area contributed by atoms with E-state index in [1.54, 1.807) is 17.0 Å². The number of likely N-dealkylation sites (tertiary alicyclic amines) is 1. The van der Waals surface area contributed by atoms with E-state index in [2.05, 4.69) is 0 Å². The first kappa shape index (κ1) is 18.2. The van der Waals surface area contributed by atoms with E-state index in [9.17, 15) is 14.7 Å². The second kappa shape index (κ2) is 8.19. The van der Waals surface area contributed by atoms with Gasteiger partial charge < -0.3 is 14.7 Å². The summed E-state index contributed by atoms with van der Waals surface area (Å²) < 4.78 is 5.67. The smallest absolute Gasteiger partial charge is 0.308 e. The number of halogens is 1. The maximum absolute atomic E-state index is 12.5. The van der Waals surface area contributed by atoms with Crippen LogP contribution in [0.1, 0.15) is 43.6 Å². The summed E-state index contributed by atoms with van der Waals surface area (Å²) in [5.41, 5.74) is 0.919. The van der Waals surface area contributed by atoms with Gasteiger partial charge in [0.25, 0.3) is 0 Å². The minimum Gasteiger partial charge on any atom is -0.481 e. The molecule has 3 rings (SSSR count). The highest BCUT2D eigenvalue weighted by molar-refractivity contribution is 6.30. The van der Waals surface area contributed by atoms with Gasteiger partial charge in [-0.2, -0.15) is 0 Å². The van der Waals surface area contributed by atoms with Crippen molar-refractivity contribution in [1.82, 2.24) is 4.90 Å². The van der Waals surface area contributed by atoms with Crippen LogP contribution in [0, 0.1) is 5.92 Å². The van der Waals surface area contributed by atoms with E-state index in [0.29, 0.717) is 18.0 Å². The topological polar surface area (TPSA) is 66.8 Å². The number of ether oxygens (including phenoxy) is 1. The van der Waals surface area contributed by atoms with Crippen LogP contribution >= 0.6 is 11.6 Å². The van der Waals surface area contributed by atoms with Crippen molar-refractivity contribution in [2.45, 2.75) is 44.1 Å². The minimum atomic E-state index is -0.856. The molecular weight excluding hydrogens is 342 g/mol. The maximum atomic E-state index is 12.5. The van der Waals surface area contributed by atoms with Crippen LogP contribution in [0.5, 0.6) is 0 Å². The number of benzene rings is 1. The largest absolute Gasteiger partial charge is 0.481 e. The molecule has 0 bridgehead atoms. The summed E-state index contributed by atoms with van der Waals surface area (Å²) in [6.07, 6.45) is 4.58. The third-order valence-corrected chi connectivity index (χ3v) is 5.49. The maximum Gasteiger partial charge on any atom is 0.308 e. The Balaban J connectivity index is 1.61. The number of rotatable bonds is 5. The van der Waals surface area contributed by atoms with E-state index < -0.39 is 11.9 Å². The lowest BCUT2D eigenvalue weighted by atomic mass is 9.89. The Bertz CT molecular complexity index is 612. The van der Waals surface area contributed by atoms with E-state index in [0.717, 1.165) is 37.9 Å². The van der Waals surface area contributed by atoms with Gasteiger partial charge in [0.2, 0.25) is 5.91 Å². The molecule has 1 amide bonds. The number of hydrogen-bond acceptors (Lipinski definition) is 3. The Morgan fingerprint density at radius 3 is 2.60 bits per heavy atom. The summed E-state index contributed by atoms with van der Waals surface area (Å²) in [7, 11) is 0. The van der Waals surface area contributed by atoms with Crippen molar-refractivity contribution in [2.24, 2.45) is 5.92 Å².